The van der Waals surface area contributed by atoms with Gasteiger partial charge in [0.25, 0.3) is 0 Å². The van der Waals surface area contributed by atoms with Gasteiger partial charge in [0.1, 0.15) is 0 Å². The Morgan fingerprint density at radius 1 is 0.368 bits per heavy atom. The molecule has 0 radical (unpaired) electrons. The molecule has 0 saturated carbocycles. The molecule has 68 heavy (non-hydrogen) atoms. The maximum atomic E-state index is 5.60. The molecule has 0 unspecified atom stereocenters. The summed E-state index contributed by atoms with van der Waals surface area (Å²) in [4.78, 5) is 18.7. The van der Waals surface area contributed by atoms with Crippen LogP contribution in [0.25, 0.3) is 66.2 Å². The van der Waals surface area contributed by atoms with Crippen molar-refractivity contribution in [1.29, 1.82) is 0 Å². The lowest BCUT2D eigenvalue weighted by atomic mass is 9.75. The second-order valence-corrected chi connectivity index (χ2v) is 18.3. The lowest BCUT2D eigenvalue weighted by molar-refractivity contribution is 0.927. The van der Waals surface area contributed by atoms with E-state index in [9.17, 15) is 0 Å². The van der Waals surface area contributed by atoms with Crippen molar-refractivity contribution in [2.24, 2.45) is 0 Å². The van der Waals surface area contributed by atoms with Crippen LogP contribution in [0.1, 0.15) is 56.0 Å². The van der Waals surface area contributed by atoms with Crippen LogP contribution in [0.2, 0.25) is 0 Å². The first kappa shape index (κ1) is 42.4. The highest BCUT2D eigenvalue weighted by Crippen LogP contribution is 2.47. The van der Waals surface area contributed by atoms with Crippen molar-refractivity contribution in [2.75, 3.05) is 4.90 Å². The Kier molecular flexibility index (Phi) is 10.9. The third-order valence-corrected chi connectivity index (χ3v) is 13.6. The highest BCUT2D eigenvalue weighted by atomic mass is 15.3. The summed E-state index contributed by atoms with van der Waals surface area (Å²) in [5.41, 5.74) is 17.8. The molecule has 11 aromatic rings. The van der Waals surface area contributed by atoms with Gasteiger partial charge in [-0.25, -0.2) is 4.98 Å². The van der Waals surface area contributed by atoms with E-state index >= 15 is 0 Å². The molecule has 1 heterocycles. The molecule has 0 atom stereocenters. The van der Waals surface area contributed by atoms with Crippen molar-refractivity contribution >= 4 is 49.6 Å². The van der Waals surface area contributed by atoms with Crippen LogP contribution in [-0.4, -0.2) is 15.0 Å². The molecule has 0 N–H and O–H groups in total. The van der Waals surface area contributed by atoms with E-state index in [2.05, 4.69) is 228 Å². The van der Waals surface area contributed by atoms with Crippen LogP contribution < -0.4 is 4.90 Å². The number of rotatable bonds is 9. The predicted octanol–water partition coefficient (Wildman–Crippen LogP) is 16.8. The number of hydrogen-bond acceptors (Lipinski definition) is 4. The lowest BCUT2D eigenvalue weighted by Gasteiger charge is -2.30. The molecule has 11 rings (SSSR count). The van der Waals surface area contributed by atoms with Crippen molar-refractivity contribution in [1.82, 2.24) is 15.0 Å². The van der Waals surface area contributed by atoms with Crippen molar-refractivity contribution in [3.8, 4) is 33.9 Å². The molecule has 10 aromatic carbocycles. The van der Waals surface area contributed by atoms with E-state index in [1.807, 2.05) is 18.2 Å². The number of nitrogens with zero attached hydrogens (tertiary/aromatic N) is 4. The van der Waals surface area contributed by atoms with Crippen molar-refractivity contribution < 1.29 is 0 Å². The fraction of sp³-hybridized carbons (Fsp3) is 0.109. The van der Waals surface area contributed by atoms with E-state index < -0.39 is 0 Å². The van der Waals surface area contributed by atoms with Gasteiger partial charge in [-0.2, -0.15) is 9.97 Å². The monoisotopic (exact) mass is 876 g/mol. The molecule has 0 spiro atoms. The Morgan fingerprint density at radius 3 is 1.50 bits per heavy atom. The van der Waals surface area contributed by atoms with Crippen molar-refractivity contribution in [3.63, 3.8) is 0 Å². The number of benzene rings is 10. The standard InChI is InChI=1S/C64H52N4/c1-40-36-42(3)58(43(4)37-40)61(59-44(5)38-41(2)39-45(59)6)54-34-35-57(53-30-16-15-29-52(53)54)68(56-33-19-25-46-22-13-14-28-50(46)56)64-66-62(49-23-11-8-12-24-49)65-63(67-64)55-32-18-27-48-26-17-31-51(60(48)55)47-20-9-7-10-21-47/h7-39,61H,1-6H3. The molecule has 0 bridgehead atoms. The first-order valence-corrected chi connectivity index (χ1v) is 23.6. The fourth-order valence-electron chi connectivity index (χ4n) is 10.9. The van der Waals surface area contributed by atoms with E-state index in [1.165, 1.54) is 55.5 Å². The largest absolute Gasteiger partial charge is 0.278 e. The molecule has 0 fully saturated rings. The molecule has 0 aliphatic heterocycles. The summed E-state index contributed by atoms with van der Waals surface area (Å²) in [6, 6.07) is 71.9. The fourth-order valence-corrected chi connectivity index (χ4v) is 10.9. The van der Waals surface area contributed by atoms with E-state index in [-0.39, 0.29) is 5.92 Å². The third-order valence-electron chi connectivity index (χ3n) is 13.6. The first-order chi connectivity index (χ1) is 33.2. The summed E-state index contributed by atoms with van der Waals surface area (Å²) in [5.74, 6) is 1.72. The minimum atomic E-state index is -0.0141. The van der Waals surface area contributed by atoms with Crippen LogP contribution in [0.3, 0.4) is 0 Å². The van der Waals surface area contributed by atoms with E-state index in [0.29, 0.717) is 17.6 Å². The molecule has 4 heteroatoms. The highest BCUT2D eigenvalue weighted by Gasteiger charge is 2.29. The van der Waals surface area contributed by atoms with Crippen LogP contribution in [0, 0.1) is 41.5 Å². The number of anilines is 3. The van der Waals surface area contributed by atoms with Crippen LogP contribution in [0.4, 0.5) is 17.3 Å². The number of aromatic nitrogens is 3. The molecule has 0 aliphatic carbocycles. The third kappa shape index (κ3) is 7.58. The Labute approximate surface area is 399 Å². The van der Waals surface area contributed by atoms with Crippen LogP contribution in [-0.2, 0) is 0 Å². The molecule has 0 amide bonds. The van der Waals surface area contributed by atoms with Gasteiger partial charge in [-0.1, -0.05) is 199 Å². The van der Waals surface area contributed by atoms with Gasteiger partial charge in [0.05, 0.1) is 11.4 Å². The zero-order chi connectivity index (χ0) is 46.5. The van der Waals surface area contributed by atoms with Gasteiger partial charge in [0.2, 0.25) is 5.95 Å². The summed E-state index contributed by atoms with van der Waals surface area (Å²) >= 11 is 0. The molecule has 1 aromatic heterocycles. The topological polar surface area (TPSA) is 41.9 Å². The van der Waals surface area contributed by atoms with E-state index in [4.69, 9.17) is 15.0 Å². The van der Waals surface area contributed by atoms with Gasteiger partial charge in [-0.3, -0.25) is 4.90 Å². The van der Waals surface area contributed by atoms with Gasteiger partial charge in [0.15, 0.2) is 11.6 Å². The maximum absolute atomic E-state index is 5.60. The quantitative estimate of drug-likeness (QED) is 0.136. The normalized spacial score (nSPS) is 11.5. The number of fused-ring (bicyclic) bond motifs is 3. The molecule has 4 nitrogen and oxygen atoms in total. The molecular formula is C64H52N4. The summed E-state index contributed by atoms with van der Waals surface area (Å²) in [6.45, 7) is 13.5. The van der Waals surface area contributed by atoms with Crippen molar-refractivity contribution in [3.05, 3.63) is 250 Å². The van der Waals surface area contributed by atoms with Crippen LogP contribution in [0.5, 0.6) is 0 Å². The van der Waals surface area contributed by atoms with Gasteiger partial charge in [-0.15, -0.1) is 0 Å². The molecule has 0 aliphatic rings. The average Bonchev–Trinajstić information content (AvgIpc) is 3.35. The minimum Gasteiger partial charge on any atom is -0.278 e. The Morgan fingerprint density at radius 2 is 0.853 bits per heavy atom. The molecular weight excluding hydrogens is 825 g/mol. The highest BCUT2D eigenvalue weighted by molar-refractivity contribution is 6.07. The lowest BCUT2D eigenvalue weighted by Crippen LogP contribution is -2.17. The molecule has 328 valence electrons. The summed E-state index contributed by atoms with van der Waals surface area (Å²) in [7, 11) is 0. The van der Waals surface area contributed by atoms with Crippen LogP contribution in [0.15, 0.2) is 200 Å². The Hall–Kier alpha value is -8.21. The van der Waals surface area contributed by atoms with E-state index in [0.717, 1.165) is 60.6 Å². The van der Waals surface area contributed by atoms with Gasteiger partial charge in [0, 0.05) is 33.2 Å². The predicted molar refractivity (Wildman–Crippen MR) is 286 cm³/mol. The first-order valence-electron chi connectivity index (χ1n) is 23.6. The van der Waals surface area contributed by atoms with Gasteiger partial charge in [-0.05, 0) is 120 Å². The zero-order valence-electron chi connectivity index (χ0n) is 39.4. The number of hydrogen-bond donors (Lipinski definition) is 0. The summed E-state index contributed by atoms with van der Waals surface area (Å²) < 4.78 is 0. The molecule has 0 saturated heterocycles. The second kappa shape index (κ2) is 17.5. The smallest absolute Gasteiger partial charge is 0.238 e. The average molecular weight is 877 g/mol. The van der Waals surface area contributed by atoms with Crippen molar-refractivity contribution in [2.45, 2.75) is 47.5 Å². The zero-order valence-corrected chi connectivity index (χ0v) is 39.4. The minimum absolute atomic E-state index is 0.0141. The van der Waals surface area contributed by atoms with Gasteiger partial charge < -0.3 is 0 Å². The second-order valence-electron chi connectivity index (χ2n) is 18.3. The Bertz CT molecular complexity index is 3590. The maximum Gasteiger partial charge on any atom is 0.238 e. The SMILES string of the molecule is Cc1cc(C)c(C(c2c(C)cc(C)cc2C)c2ccc(N(c3nc(-c4ccccc4)nc(-c4cccc5cccc(-c6ccccc6)c45)n3)c3cccc4ccccc34)c3ccccc23)c(C)c1. The summed E-state index contributed by atoms with van der Waals surface area (Å²) in [6.07, 6.45) is 0. The summed E-state index contributed by atoms with van der Waals surface area (Å²) in [5, 5.41) is 6.72. The van der Waals surface area contributed by atoms with Gasteiger partial charge >= 0.3 is 0 Å². The van der Waals surface area contributed by atoms with E-state index in [1.54, 1.807) is 0 Å². The number of aryl methyl sites for hydroxylation is 6. The Balaban J connectivity index is 1.22. The van der Waals surface area contributed by atoms with Crippen LogP contribution >= 0.6 is 0 Å².